The Labute approximate surface area is 190 Å². The van der Waals surface area contributed by atoms with Gasteiger partial charge in [-0.2, -0.15) is 0 Å². The molecule has 5 nitrogen and oxygen atoms in total. The predicted octanol–water partition coefficient (Wildman–Crippen LogP) is 6.00. The number of halogens is 1. The summed E-state index contributed by atoms with van der Waals surface area (Å²) in [5.41, 5.74) is 3.17. The van der Waals surface area contributed by atoms with Gasteiger partial charge in [-0.25, -0.2) is 4.79 Å². The van der Waals surface area contributed by atoms with Crippen molar-refractivity contribution in [3.63, 3.8) is 0 Å². The summed E-state index contributed by atoms with van der Waals surface area (Å²) < 4.78 is 22.5. The third-order valence-electron chi connectivity index (χ3n) is 4.60. The van der Waals surface area contributed by atoms with E-state index in [0.29, 0.717) is 29.4 Å². The molecule has 0 aliphatic heterocycles. The summed E-state index contributed by atoms with van der Waals surface area (Å²) in [4.78, 5) is 12.0. The first-order valence-electron chi connectivity index (χ1n) is 9.54. The summed E-state index contributed by atoms with van der Waals surface area (Å²) in [6.07, 6.45) is 3.85. The van der Waals surface area contributed by atoms with Crippen LogP contribution in [0.15, 0.2) is 65.1 Å². The molecule has 0 saturated carbocycles. The lowest BCUT2D eigenvalue weighted by Crippen LogP contribution is -2.03. The molecule has 0 heterocycles. The molecule has 0 amide bonds. The van der Waals surface area contributed by atoms with Gasteiger partial charge in [-0.15, -0.1) is 0 Å². The quantitative estimate of drug-likeness (QED) is 0.291. The summed E-state index contributed by atoms with van der Waals surface area (Å²) >= 11 is 3.48. The zero-order valence-electron chi connectivity index (χ0n) is 17.6. The zero-order valence-corrected chi connectivity index (χ0v) is 19.1. The Kier molecular flexibility index (Phi) is 7.73. The summed E-state index contributed by atoms with van der Waals surface area (Å²) in [6, 6.07) is 18.9. The van der Waals surface area contributed by atoms with Gasteiger partial charge in [0.15, 0.2) is 0 Å². The Morgan fingerprint density at radius 1 is 0.871 bits per heavy atom. The third kappa shape index (κ3) is 5.67. The molecule has 0 spiro atoms. The van der Waals surface area contributed by atoms with Crippen molar-refractivity contribution in [2.75, 3.05) is 21.3 Å². The molecule has 0 atom stereocenters. The molecular formula is C25H23BrO5. The lowest BCUT2D eigenvalue weighted by Gasteiger charge is -2.12. The molecular weight excluding hydrogens is 460 g/mol. The van der Waals surface area contributed by atoms with E-state index in [0.717, 1.165) is 21.2 Å². The van der Waals surface area contributed by atoms with Crippen LogP contribution in [0.5, 0.6) is 17.2 Å². The van der Waals surface area contributed by atoms with E-state index in [1.165, 1.54) is 7.11 Å². The van der Waals surface area contributed by atoms with Crippen LogP contribution in [0.2, 0.25) is 0 Å². The number of hydrogen-bond donors (Lipinski definition) is 0. The van der Waals surface area contributed by atoms with Gasteiger partial charge in [-0.05, 0) is 51.3 Å². The van der Waals surface area contributed by atoms with E-state index >= 15 is 0 Å². The smallest absolute Gasteiger partial charge is 0.337 e. The van der Waals surface area contributed by atoms with Crippen LogP contribution in [0.1, 0.15) is 27.0 Å². The minimum Gasteiger partial charge on any atom is -0.495 e. The van der Waals surface area contributed by atoms with Gasteiger partial charge in [0.25, 0.3) is 0 Å². The Hall–Kier alpha value is -3.25. The van der Waals surface area contributed by atoms with Crippen molar-refractivity contribution >= 4 is 34.1 Å². The molecule has 0 aromatic heterocycles. The maximum absolute atomic E-state index is 12.0. The van der Waals surface area contributed by atoms with Crippen LogP contribution >= 0.6 is 15.9 Å². The van der Waals surface area contributed by atoms with Crippen LogP contribution in [0.3, 0.4) is 0 Å². The number of benzene rings is 3. The van der Waals surface area contributed by atoms with Crippen LogP contribution in [0.25, 0.3) is 12.2 Å². The van der Waals surface area contributed by atoms with Crippen LogP contribution in [0.4, 0.5) is 0 Å². The summed E-state index contributed by atoms with van der Waals surface area (Å²) in [7, 11) is 4.57. The van der Waals surface area contributed by atoms with Crippen molar-refractivity contribution in [2.24, 2.45) is 0 Å². The predicted molar refractivity (Wildman–Crippen MR) is 125 cm³/mol. The monoisotopic (exact) mass is 482 g/mol. The maximum Gasteiger partial charge on any atom is 0.337 e. The second kappa shape index (κ2) is 10.7. The van der Waals surface area contributed by atoms with Gasteiger partial charge in [-0.3, -0.25) is 0 Å². The molecule has 160 valence electrons. The van der Waals surface area contributed by atoms with E-state index in [-0.39, 0.29) is 0 Å². The number of esters is 1. The molecule has 0 N–H and O–H groups in total. The molecule has 6 heteroatoms. The second-order valence-electron chi connectivity index (χ2n) is 6.59. The van der Waals surface area contributed by atoms with Crippen LogP contribution in [0, 0.1) is 0 Å². The minimum atomic E-state index is -0.414. The molecule has 3 aromatic carbocycles. The number of methoxy groups -OCH3 is 3. The molecule has 0 saturated heterocycles. The topological polar surface area (TPSA) is 54.0 Å². The van der Waals surface area contributed by atoms with Crippen LogP contribution < -0.4 is 14.2 Å². The summed E-state index contributed by atoms with van der Waals surface area (Å²) in [5.74, 6) is 1.50. The molecule has 0 radical (unpaired) electrons. The van der Waals surface area contributed by atoms with Gasteiger partial charge >= 0.3 is 5.97 Å². The molecule has 31 heavy (non-hydrogen) atoms. The Morgan fingerprint density at radius 2 is 1.55 bits per heavy atom. The molecule has 0 unspecified atom stereocenters. The molecule has 3 rings (SSSR count). The van der Waals surface area contributed by atoms with Crippen molar-refractivity contribution in [1.82, 2.24) is 0 Å². The van der Waals surface area contributed by atoms with Crippen molar-refractivity contribution in [3.8, 4) is 17.2 Å². The lowest BCUT2D eigenvalue weighted by atomic mass is 10.1. The first-order chi connectivity index (χ1) is 15.0. The van der Waals surface area contributed by atoms with Gasteiger partial charge < -0.3 is 18.9 Å². The normalized spacial score (nSPS) is 10.7. The summed E-state index contributed by atoms with van der Waals surface area (Å²) in [6.45, 7) is 0.381. The van der Waals surface area contributed by atoms with Crippen LogP contribution in [-0.4, -0.2) is 27.3 Å². The van der Waals surface area contributed by atoms with Crippen molar-refractivity contribution in [3.05, 3.63) is 87.4 Å². The molecule has 3 aromatic rings. The van der Waals surface area contributed by atoms with Gasteiger partial charge in [-0.1, -0.05) is 48.6 Å². The average Bonchev–Trinajstić information content (AvgIpc) is 2.82. The van der Waals surface area contributed by atoms with Crippen molar-refractivity contribution in [2.45, 2.75) is 6.61 Å². The van der Waals surface area contributed by atoms with E-state index < -0.39 is 5.97 Å². The second-order valence-corrected chi connectivity index (χ2v) is 7.38. The minimum absolute atomic E-state index is 0.381. The largest absolute Gasteiger partial charge is 0.495 e. The number of rotatable bonds is 8. The van der Waals surface area contributed by atoms with E-state index in [2.05, 4.69) is 15.9 Å². The van der Waals surface area contributed by atoms with Gasteiger partial charge in [0.05, 0.1) is 26.9 Å². The Morgan fingerprint density at radius 3 is 2.16 bits per heavy atom. The van der Waals surface area contributed by atoms with E-state index in [1.807, 2.05) is 60.7 Å². The molecule has 0 fully saturated rings. The Bertz CT molecular complexity index is 1050. The first-order valence-corrected chi connectivity index (χ1v) is 10.3. The highest BCUT2D eigenvalue weighted by Gasteiger charge is 2.11. The maximum atomic E-state index is 12.0. The molecule has 0 bridgehead atoms. The fraction of sp³-hybridized carbons (Fsp3) is 0.160. The molecule has 0 aliphatic rings. The van der Waals surface area contributed by atoms with Gasteiger partial charge in [0.2, 0.25) is 0 Å². The summed E-state index contributed by atoms with van der Waals surface area (Å²) in [5, 5.41) is 0. The number of carbonyl (C=O) groups excluding carboxylic acids is 1. The third-order valence-corrected chi connectivity index (χ3v) is 5.38. The van der Waals surface area contributed by atoms with E-state index in [9.17, 15) is 4.79 Å². The van der Waals surface area contributed by atoms with Gasteiger partial charge in [0, 0.05) is 5.56 Å². The average molecular weight is 483 g/mol. The van der Waals surface area contributed by atoms with Crippen molar-refractivity contribution < 1.29 is 23.7 Å². The van der Waals surface area contributed by atoms with E-state index in [4.69, 9.17) is 18.9 Å². The number of ether oxygens (including phenoxy) is 4. The highest BCUT2D eigenvalue weighted by atomic mass is 79.9. The fourth-order valence-electron chi connectivity index (χ4n) is 2.95. The standard InChI is InChI=1S/C25H23BrO5/c1-28-22-13-18(14-23(29-2)24(22)26)9-10-19-11-12-20(25(27)30-3)15-21(19)31-16-17-7-5-4-6-8-17/h4-15H,16H2,1-3H3/b10-9+. The van der Waals surface area contributed by atoms with E-state index in [1.54, 1.807) is 26.4 Å². The number of hydrogen-bond acceptors (Lipinski definition) is 5. The SMILES string of the molecule is COC(=O)c1ccc(/C=C/c2cc(OC)c(Br)c(OC)c2)c(OCc2ccccc2)c1. The highest BCUT2D eigenvalue weighted by molar-refractivity contribution is 9.10. The highest BCUT2D eigenvalue weighted by Crippen LogP contribution is 2.36. The lowest BCUT2D eigenvalue weighted by molar-refractivity contribution is 0.0600. The van der Waals surface area contributed by atoms with Crippen LogP contribution in [-0.2, 0) is 11.3 Å². The fourth-order valence-corrected chi connectivity index (χ4v) is 3.50. The number of carbonyl (C=O) groups is 1. The van der Waals surface area contributed by atoms with Gasteiger partial charge in [0.1, 0.15) is 28.3 Å². The van der Waals surface area contributed by atoms with Crippen molar-refractivity contribution in [1.29, 1.82) is 0 Å². The first kappa shape index (κ1) is 22.4. The zero-order chi connectivity index (χ0) is 22.2. The molecule has 0 aliphatic carbocycles. The Balaban J connectivity index is 1.93.